The molecule has 0 aliphatic rings. The molecule has 1 aromatic heterocycles. The monoisotopic (exact) mass is 396 g/mol. The average molecular weight is 396 g/mol. The first-order valence-corrected chi connectivity index (χ1v) is 8.80. The number of aromatic hydroxyl groups is 1. The van der Waals surface area contributed by atoms with Gasteiger partial charge in [0.25, 0.3) is 0 Å². The van der Waals surface area contributed by atoms with Crippen molar-refractivity contribution in [1.82, 2.24) is 9.97 Å². The lowest BCUT2D eigenvalue weighted by atomic mass is 10.1. The van der Waals surface area contributed by atoms with Crippen molar-refractivity contribution in [1.29, 1.82) is 0 Å². The van der Waals surface area contributed by atoms with Crippen LogP contribution in [-0.4, -0.2) is 44.3 Å². The minimum atomic E-state index is -1.27. The first-order chi connectivity index (χ1) is 13.6. The van der Waals surface area contributed by atoms with Crippen molar-refractivity contribution < 1.29 is 29.3 Å². The molecule has 3 aromatic rings. The van der Waals surface area contributed by atoms with Gasteiger partial charge < -0.3 is 19.7 Å². The minimum Gasteiger partial charge on any atom is -0.508 e. The molecule has 150 valence electrons. The van der Waals surface area contributed by atoms with Gasteiger partial charge in [0.2, 0.25) is 5.88 Å². The molecule has 0 atom stereocenters. The Morgan fingerprint density at radius 3 is 2.45 bits per heavy atom. The van der Waals surface area contributed by atoms with Crippen molar-refractivity contribution in [2.24, 2.45) is 0 Å². The van der Waals surface area contributed by atoms with E-state index < -0.39 is 24.1 Å². The molecule has 0 aliphatic carbocycles. The van der Waals surface area contributed by atoms with Gasteiger partial charge in [0.05, 0.1) is 0 Å². The molecule has 0 radical (unpaired) electrons. The number of aromatic nitrogens is 2. The van der Waals surface area contributed by atoms with Crippen LogP contribution >= 0.6 is 0 Å². The van der Waals surface area contributed by atoms with E-state index in [1.165, 1.54) is 0 Å². The highest BCUT2D eigenvalue weighted by molar-refractivity contribution is 5.91. The second-order valence-corrected chi connectivity index (χ2v) is 7.34. The van der Waals surface area contributed by atoms with E-state index in [2.05, 4.69) is 9.97 Å². The van der Waals surface area contributed by atoms with E-state index in [9.17, 15) is 19.8 Å². The van der Waals surface area contributed by atoms with Gasteiger partial charge in [-0.05, 0) is 49.7 Å². The molecule has 8 nitrogen and oxygen atoms in total. The molecule has 8 heteroatoms. The molecule has 0 unspecified atom stereocenters. The number of hydrogen-bond donors (Lipinski definition) is 2. The Morgan fingerprint density at radius 1 is 1.07 bits per heavy atom. The smallest absolute Gasteiger partial charge is 0.344 e. The maximum Gasteiger partial charge on any atom is 0.344 e. The van der Waals surface area contributed by atoms with E-state index in [0.29, 0.717) is 5.56 Å². The second-order valence-electron chi connectivity index (χ2n) is 7.34. The molecule has 0 saturated carbocycles. The molecule has 1 heterocycles. The topological polar surface area (TPSA) is 119 Å². The number of fused-ring (bicyclic) bond motifs is 1. The first-order valence-electron chi connectivity index (χ1n) is 8.80. The Hall–Kier alpha value is -3.68. The molecule has 2 N–H and O–H groups in total. The van der Waals surface area contributed by atoms with Gasteiger partial charge in [-0.15, -0.1) is 0 Å². The number of carboxylic acid groups (broad SMARTS) is 1. The van der Waals surface area contributed by atoms with Gasteiger partial charge >= 0.3 is 11.9 Å². The maximum atomic E-state index is 11.9. The fraction of sp³-hybridized carbons (Fsp3) is 0.238. The summed E-state index contributed by atoms with van der Waals surface area (Å²) < 4.78 is 10.5. The SMILES string of the molecule is CC(C)(C)OC(=O)COc1nc(-c2ccc3cc(O)ccc3c2)ncc1C(=O)O. The van der Waals surface area contributed by atoms with Gasteiger partial charge in [0, 0.05) is 11.8 Å². The Bertz CT molecular complexity index is 1090. The zero-order chi connectivity index (χ0) is 21.2. The number of esters is 1. The quantitative estimate of drug-likeness (QED) is 0.630. The van der Waals surface area contributed by atoms with Crippen LogP contribution in [-0.2, 0) is 9.53 Å². The lowest BCUT2D eigenvalue weighted by molar-refractivity contribution is -0.157. The van der Waals surface area contributed by atoms with Crippen molar-refractivity contribution in [3.05, 3.63) is 48.2 Å². The van der Waals surface area contributed by atoms with E-state index >= 15 is 0 Å². The maximum absolute atomic E-state index is 11.9. The van der Waals surface area contributed by atoms with Crippen LogP contribution in [0.15, 0.2) is 42.6 Å². The number of carbonyl (C=O) groups excluding carboxylic acids is 1. The normalized spacial score (nSPS) is 11.3. The summed E-state index contributed by atoms with van der Waals surface area (Å²) in [4.78, 5) is 31.6. The number of ether oxygens (including phenoxy) is 2. The molecule has 3 rings (SSSR count). The molecule has 0 saturated heterocycles. The van der Waals surface area contributed by atoms with Gasteiger partial charge in [-0.25, -0.2) is 14.6 Å². The molecule has 0 aliphatic heterocycles. The molecular formula is C21H20N2O6. The van der Waals surface area contributed by atoms with Crippen LogP contribution in [0.2, 0.25) is 0 Å². The number of phenols is 1. The summed E-state index contributed by atoms with van der Waals surface area (Å²) in [5.74, 6) is -1.74. The Labute approximate surface area is 166 Å². The van der Waals surface area contributed by atoms with Crippen LogP contribution in [0.1, 0.15) is 31.1 Å². The second kappa shape index (κ2) is 7.75. The third-order valence-corrected chi connectivity index (χ3v) is 3.81. The number of benzene rings is 2. The number of carbonyl (C=O) groups is 2. The van der Waals surface area contributed by atoms with E-state index in [4.69, 9.17) is 9.47 Å². The number of carboxylic acids is 1. The lowest BCUT2D eigenvalue weighted by Crippen LogP contribution is -2.27. The molecule has 0 amide bonds. The first kappa shape index (κ1) is 20.1. The summed E-state index contributed by atoms with van der Waals surface area (Å²) in [5.41, 5.74) is -0.322. The largest absolute Gasteiger partial charge is 0.508 e. The van der Waals surface area contributed by atoms with Crippen LogP contribution < -0.4 is 4.74 Å². The summed E-state index contributed by atoms with van der Waals surface area (Å²) in [6.07, 6.45) is 1.14. The summed E-state index contributed by atoms with van der Waals surface area (Å²) >= 11 is 0. The molecule has 0 fully saturated rings. The van der Waals surface area contributed by atoms with Crippen molar-refractivity contribution >= 4 is 22.7 Å². The highest BCUT2D eigenvalue weighted by Gasteiger charge is 2.20. The fourth-order valence-corrected chi connectivity index (χ4v) is 2.63. The Kier molecular flexibility index (Phi) is 5.36. The number of rotatable bonds is 5. The van der Waals surface area contributed by atoms with Crippen LogP contribution in [0.5, 0.6) is 11.6 Å². The van der Waals surface area contributed by atoms with Crippen molar-refractivity contribution in [3.63, 3.8) is 0 Å². The average Bonchev–Trinajstić information content (AvgIpc) is 2.64. The lowest BCUT2D eigenvalue weighted by Gasteiger charge is -2.19. The summed E-state index contributed by atoms with van der Waals surface area (Å²) in [7, 11) is 0. The molecule has 2 aromatic carbocycles. The number of phenolic OH excluding ortho intramolecular Hbond substituents is 1. The van der Waals surface area contributed by atoms with Crippen LogP contribution in [0, 0.1) is 0 Å². The van der Waals surface area contributed by atoms with Crippen LogP contribution in [0.4, 0.5) is 0 Å². The summed E-state index contributed by atoms with van der Waals surface area (Å²) in [5, 5.41) is 20.6. The molecule has 0 spiro atoms. The zero-order valence-electron chi connectivity index (χ0n) is 16.2. The Balaban J connectivity index is 1.91. The van der Waals surface area contributed by atoms with Gasteiger partial charge in [0.15, 0.2) is 12.4 Å². The van der Waals surface area contributed by atoms with Crippen LogP contribution in [0.3, 0.4) is 0 Å². The van der Waals surface area contributed by atoms with E-state index in [1.54, 1.807) is 51.1 Å². The number of hydrogen-bond acceptors (Lipinski definition) is 7. The highest BCUT2D eigenvalue weighted by atomic mass is 16.6. The summed E-state index contributed by atoms with van der Waals surface area (Å²) in [6.45, 7) is 4.67. The Morgan fingerprint density at radius 2 is 1.76 bits per heavy atom. The van der Waals surface area contributed by atoms with Gasteiger partial charge in [-0.3, -0.25) is 0 Å². The van der Waals surface area contributed by atoms with Gasteiger partial charge in [-0.2, -0.15) is 4.98 Å². The third-order valence-electron chi connectivity index (χ3n) is 3.81. The van der Waals surface area contributed by atoms with Crippen molar-refractivity contribution in [2.75, 3.05) is 6.61 Å². The van der Waals surface area contributed by atoms with Gasteiger partial charge in [-0.1, -0.05) is 18.2 Å². The van der Waals surface area contributed by atoms with Crippen molar-refractivity contribution in [2.45, 2.75) is 26.4 Å². The molecular weight excluding hydrogens is 376 g/mol. The number of aromatic carboxylic acids is 1. The summed E-state index contributed by atoms with van der Waals surface area (Å²) in [6, 6.07) is 10.3. The number of nitrogens with zero attached hydrogens (tertiary/aromatic N) is 2. The minimum absolute atomic E-state index is 0.158. The standard InChI is InChI=1S/C21H20N2O6/c1-21(2,3)29-17(25)11-28-19-16(20(26)27)10-22-18(23-19)14-5-4-13-9-15(24)7-6-12(13)8-14/h4-10,24H,11H2,1-3H3,(H,26,27). The van der Waals surface area contributed by atoms with Crippen LogP contribution in [0.25, 0.3) is 22.2 Å². The predicted molar refractivity (Wildman–Crippen MR) is 105 cm³/mol. The third kappa shape index (κ3) is 4.98. The fourth-order valence-electron chi connectivity index (χ4n) is 2.63. The molecule has 29 heavy (non-hydrogen) atoms. The zero-order valence-corrected chi connectivity index (χ0v) is 16.2. The highest BCUT2D eigenvalue weighted by Crippen LogP contribution is 2.26. The molecule has 0 bridgehead atoms. The van der Waals surface area contributed by atoms with Gasteiger partial charge in [0.1, 0.15) is 16.9 Å². The van der Waals surface area contributed by atoms with Crippen molar-refractivity contribution in [3.8, 4) is 23.0 Å². The predicted octanol–water partition coefficient (Wildman–Crippen LogP) is 3.42. The van der Waals surface area contributed by atoms with E-state index in [1.807, 2.05) is 6.07 Å². The van der Waals surface area contributed by atoms with E-state index in [0.717, 1.165) is 17.0 Å². The van der Waals surface area contributed by atoms with E-state index in [-0.39, 0.29) is 23.0 Å².